The maximum atomic E-state index is 12.0. The summed E-state index contributed by atoms with van der Waals surface area (Å²) in [4.78, 5) is 19.7. The van der Waals surface area contributed by atoms with Gasteiger partial charge in [-0.25, -0.2) is 14.8 Å². The van der Waals surface area contributed by atoms with Gasteiger partial charge >= 0.3 is 6.03 Å². The van der Waals surface area contributed by atoms with Gasteiger partial charge in [-0.1, -0.05) is 41.7 Å². The summed E-state index contributed by atoms with van der Waals surface area (Å²) in [6.07, 6.45) is 2.93. The highest BCUT2D eigenvalue weighted by Gasteiger charge is 2.31. The van der Waals surface area contributed by atoms with Gasteiger partial charge in [-0.05, 0) is 0 Å². The minimum atomic E-state index is -1.78. The monoisotopic (exact) mass is 308 g/mol. The Morgan fingerprint density at radius 2 is 2.17 bits per heavy atom. The van der Waals surface area contributed by atoms with Gasteiger partial charge in [0.05, 0.1) is 0 Å². The largest absolute Gasteiger partial charge is 0.372 e. The molecule has 0 N–H and O–H groups in total. The molecule has 0 aliphatic heterocycles. The first kappa shape index (κ1) is 13.3. The lowest BCUT2D eigenvalue weighted by molar-refractivity contribution is 0.237. The third-order valence-corrected chi connectivity index (χ3v) is 2.55. The van der Waals surface area contributed by atoms with Crippen molar-refractivity contribution in [1.82, 2.24) is 29.5 Å². The van der Waals surface area contributed by atoms with Crippen molar-refractivity contribution in [2.75, 3.05) is 0 Å². The van der Waals surface area contributed by atoms with Crippen molar-refractivity contribution in [2.24, 2.45) is 0 Å². The molecule has 0 atom stereocenters. The Morgan fingerprint density at radius 1 is 1.44 bits per heavy atom. The van der Waals surface area contributed by atoms with E-state index < -0.39 is 9.82 Å². The van der Waals surface area contributed by atoms with Crippen molar-refractivity contribution in [3.05, 3.63) is 24.3 Å². The Kier molecular flexibility index (Phi) is 3.56. The zero-order chi connectivity index (χ0) is 13.3. The molecule has 0 fully saturated rings. The summed E-state index contributed by atoms with van der Waals surface area (Å²) in [7, 11) is 0. The molecule has 0 bridgehead atoms. The molecular weight excluding hydrogens is 302 g/mol. The van der Waals surface area contributed by atoms with Gasteiger partial charge in [0.1, 0.15) is 18.5 Å². The fourth-order valence-corrected chi connectivity index (χ4v) is 1.49. The molecule has 0 unspecified atom stereocenters. The first-order chi connectivity index (χ1) is 8.43. The lowest BCUT2D eigenvalue weighted by Crippen LogP contribution is -2.23. The van der Waals surface area contributed by atoms with E-state index in [2.05, 4.69) is 20.2 Å². The van der Waals surface area contributed by atoms with Gasteiger partial charge in [0, 0.05) is 6.42 Å². The highest BCUT2D eigenvalue weighted by molar-refractivity contribution is 6.66. The number of aromatic nitrogens is 6. The molecule has 0 amide bonds. The first-order valence-electron chi connectivity index (χ1n) is 4.86. The van der Waals surface area contributed by atoms with Crippen LogP contribution in [0, 0.1) is 0 Å². The highest BCUT2D eigenvalue weighted by Crippen LogP contribution is 2.35. The third-order valence-electron chi connectivity index (χ3n) is 2.04. The maximum Gasteiger partial charge on any atom is 0.372 e. The van der Waals surface area contributed by atoms with Crippen LogP contribution < -0.4 is 0 Å². The smallest absolute Gasteiger partial charge is 0.243 e. The van der Waals surface area contributed by atoms with Crippen molar-refractivity contribution in [2.45, 2.75) is 17.1 Å². The van der Waals surface area contributed by atoms with Gasteiger partial charge in [0.25, 0.3) is 3.79 Å². The number of alkyl halides is 3. The topological polar surface area (TPSA) is 78.5 Å². The predicted octanol–water partition coefficient (Wildman–Crippen LogP) is 1.78. The van der Waals surface area contributed by atoms with Crippen LogP contribution in [0.1, 0.15) is 18.6 Å². The molecule has 2 aromatic heterocycles. The minimum Gasteiger partial charge on any atom is -0.243 e. The third kappa shape index (κ3) is 2.47. The number of halogens is 3. The van der Waals surface area contributed by atoms with Crippen LogP contribution in [-0.4, -0.2) is 35.6 Å². The molecule has 0 spiro atoms. The summed E-state index contributed by atoms with van der Waals surface area (Å²) in [5, 5.41) is 7.59. The summed E-state index contributed by atoms with van der Waals surface area (Å²) in [6.45, 7) is 1.80. The Morgan fingerprint density at radius 3 is 2.67 bits per heavy atom. The van der Waals surface area contributed by atoms with Gasteiger partial charge in [0.2, 0.25) is 5.82 Å². The summed E-state index contributed by atoms with van der Waals surface area (Å²) in [5.74, 6) is 0.314. The van der Waals surface area contributed by atoms with Crippen LogP contribution in [0.15, 0.2) is 12.7 Å². The van der Waals surface area contributed by atoms with Crippen LogP contribution in [0.4, 0.5) is 4.79 Å². The molecule has 0 aliphatic carbocycles. The van der Waals surface area contributed by atoms with Crippen molar-refractivity contribution < 1.29 is 4.79 Å². The van der Waals surface area contributed by atoms with Gasteiger partial charge in [-0.2, -0.15) is 14.5 Å². The van der Waals surface area contributed by atoms with Crippen LogP contribution in [0.25, 0.3) is 0 Å². The van der Waals surface area contributed by atoms with E-state index in [1.165, 1.54) is 12.7 Å². The predicted molar refractivity (Wildman–Crippen MR) is 64.9 cm³/mol. The Bertz CT molecular complexity index is 558. The zero-order valence-corrected chi connectivity index (χ0v) is 11.4. The fourth-order valence-electron chi connectivity index (χ4n) is 1.25. The van der Waals surface area contributed by atoms with Crippen molar-refractivity contribution >= 4 is 40.8 Å². The van der Waals surface area contributed by atoms with Crippen molar-refractivity contribution in [1.29, 1.82) is 0 Å². The van der Waals surface area contributed by atoms with E-state index >= 15 is 0 Å². The Hall–Kier alpha value is -1.18. The number of rotatable bonds is 1. The molecule has 10 heteroatoms. The van der Waals surface area contributed by atoms with E-state index in [0.717, 1.165) is 9.36 Å². The lowest BCUT2D eigenvalue weighted by Gasteiger charge is -2.03. The quantitative estimate of drug-likeness (QED) is 0.750. The number of aryl methyl sites for hydroxylation is 1. The number of nitrogens with zero attached hydrogens (tertiary/aromatic N) is 6. The SMILES string of the molecule is CCc1nc(C(Cl)(Cl)Cl)nn1C(=O)n1cncn1. The number of hydrogen-bond acceptors (Lipinski definition) is 5. The van der Waals surface area contributed by atoms with E-state index in [4.69, 9.17) is 34.8 Å². The molecule has 0 radical (unpaired) electrons. The van der Waals surface area contributed by atoms with E-state index in [-0.39, 0.29) is 5.82 Å². The number of hydrogen-bond donors (Lipinski definition) is 0. The molecule has 0 aromatic carbocycles. The molecule has 2 rings (SSSR count). The number of carbonyl (C=O) groups is 1. The first-order valence-corrected chi connectivity index (χ1v) is 5.99. The molecule has 2 aromatic rings. The van der Waals surface area contributed by atoms with Crippen molar-refractivity contribution in [3.63, 3.8) is 0 Å². The zero-order valence-electron chi connectivity index (χ0n) is 9.09. The minimum absolute atomic E-state index is 0.0576. The van der Waals surface area contributed by atoms with E-state index in [1.54, 1.807) is 6.92 Å². The molecule has 2 heterocycles. The summed E-state index contributed by atoms with van der Waals surface area (Å²) in [5.41, 5.74) is 0. The van der Waals surface area contributed by atoms with Gasteiger partial charge in [-0.15, -0.1) is 5.10 Å². The van der Waals surface area contributed by atoms with Gasteiger partial charge in [-0.3, -0.25) is 0 Å². The van der Waals surface area contributed by atoms with Crippen molar-refractivity contribution in [3.8, 4) is 0 Å². The van der Waals surface area contributed by atoms with E-state index in [0.29, 0.717) is 12.2 Å². The summed E-state index contributed by atoms with van der Waals surface area (Å²) < 4.78 is 0.264. The Balaban J connectivity index is 2.44. The molecule has 0 saturated carbocycles. The normalized spacial score (nSPS) is 11.8. The van der Waals surface area contributed by atoms with Crippen LogP contribution >= 0.6 is 34.8 Å². The van der Waals surface area contributed by atoms with Gasteiger partial charge in [0.15, 0.2) is 0 Å². The lowest BCUT2D eigenvalue weighted by atomic mass is 10.4. The Labute approximate surface area is 117 Å². The molecule has 0 aliphatic rings. The average Bonchev–Trinajstić information content (AvgIpc) is 2.96. The highest BCUT2D eigenvalue weighted by atomic mass is 35.6. The van der Waals surface area contributed by atoms with Crippen LogP contribution in [0.2, 0.25) is 0 Å². The summed E-state index contributed by atoms with van der Waals surface area (Å²) >= 11 is 17.0. The van der Waals surface area contributed by atoms with Crippen LogP contribution in [0.5, 0.6) is 0 Å². The average molecular weight is 310 g/mol. The second kappa shape index (κ2) is 4.83. The van der Waals surface area contributed by atoms with E-state index in [9.17, 15) is 4.79 Å². The van der Waals surface area contributed by atoms with Gasteiger partial charge < -0.3 is 0 Å². The fraction of sp³-hybridized carbons (Fsp3) is 0.375. The second-order valence-electron chi connectivity index (χ2n) is 3.24. The number of carbonyl (C=O) groups excluding carboxylic acids is 1. The summed E-state index contributed by atoms with van der Waals surface area (Å²) in [6, 6.07) is -0.544. The molecule has 0 saturated heterocycles. The molecule has 7 nitrogen and oxygen atoms in total. The van der Waals surface area contributed by atoms with Crippen LogP contribution in [0.3, 0.4) is 0 Å². The molecule has 96 valence electrons. The van der Waals surface area contributed by atoms with Crippen LogP contribution in [-0.2, 0) is 10.2 Å². The molecule has 18 heavy (non-hydrogen) atoms. The molecular formula is C8H7Cl3N6O. The van der Waals surface area contributed by atoms with E-state index in [1.807, 2.05) is 0 Å². The standard InChI is InChI=1S/C8H7Cl3N6O/c1-2-5-14-6(8(9,10)11)15-17(5)7(18)16-4-12-3-13-16/h3-4H,2H2,1H3. The maximum absolute atomic E-state index is 12.0. The second-order valence-corrected chi connectivity index (χ2v) is 5.52.